The van der Waals surface area contributed by atoms with E-state index in [4.69, 9.17) is 10.5 Å². The van der Waals surface area contributed by atoms with Gasteiger partial charge in [-0.1, -0.05) is 39.3 Å². The average Bonchev–Trinajstić information content (AvgIpc) is 2.38. The van der Waals surface area contributed by atoms with Gasteiger partial charge < -0.3 is 10.5 Å². The minimum absolute atomic E-state index is 0.148. The molecule has 2 heteroatoms. The Morgan fingerprint density at radius 3 is 2.29 bits per heavy atom. The Hall–Kier alpha value is -1.02. The van der Waals surface area contributed by atoms with Crippen molar-refractivity contribution in [3.05, 3.63) is 29.8 Å². The van der Waals surface area contributed by atoms with Crippen LogP contribution in [0.1, 0.15) is 51.5 Å². The SMILES string of the molecule is CCCC(CN)Oc1ccc(C(C)CC)cc1. The van der Waals surface area contributed by atoms with Gasteiger partial charge in [-0.3, -0.25) is 0 Å². The van der Waals surface area contributed by atoms with Gasteiger partial charge in [-0.2, -0.15) is 0 Å². The van der Waals surface area contributed by atoms with Crippen molar-refractivity contribution >= 4 is 0 Å². The topological polar surface area (TPSA) is 35.2 Å². The van der Waals surface area contributed by atoms with E-state index in [1.807, 2.05) is 0 Å². The third-order valence-electron chi connectivity index (χ3n) is 3.24. The van der Waals surface area contributed by atoms with Crippen LogP contribution in [-0.4, -0.2) is 12.6 Å². The molecular weight excluding hydrogens is 210 g/mol. The summed E-state index contributed by atoms with van der Waals surface area (Å²) in [7, 11) is 0. The molecule has 0 spiro atoms. The van der Waals surface area contributed by atoms with Gasteiger partial charge in [0.1, 0.15) is 11.9 Å². The second-order valence-electron chi connectivity index (χ2n) is 4.64. The molecule has 2 N–H and O–H groups in total. The molecule has 1 aromatic carbocycles. The maximum atomic E-state index is 5.85. The molecular formula is C15H25NO. The van der Waals surface area contributed by atoms with E-state index in [0.29, 0.717) is 12.5 Å². The Kier molecular flexibility index (Phi) is 6.06. The van der Waals surface area contributed by atoms with Crippen LogP contribution < -0.4 is 10.5 Å². The molecule has 17 heavy (non-hydrogen) atoms. The quantitative estimate of drug-likeness (QED) is 0.782. The second-order valence-corrected chi connectivity index (χ2v) is 4.64. The zero-order chi connectivity index (χ0) is 12.7. The lowest BCUT2D eigenvalue weighted by atomic mass is 9.99. The Bertz CT molecular complexity index is 307. The van der Waals surface area contributed by atoms with Crippen LogP contribution in [-0.2, 0) is 0 Å². The summed E-state index contributed by atoms with van der Waals surface area (Å²) in [6, 6.07) is 8.42. The summed E-state index contributed by atoms with van der Waals surface area (Å²) >= 11 is 0. The normalized spacial score (nSPS) is 14.4. The van der Waals surface area contributed by atoms with Gasteiger partial charge in [0.25, 0.3) is 0 Å². The molecule has 2 unspecified atom stereocenters. The van der Waals surface area contributed by atoms with Gasteiger partial charge in [0.15, 0.2) is 0 Å². The summed E-state index contributed by atoms with van der Waals surface area (Å²) in [4.78, 5) is 0. The first-order valence-corrected chi connectivity index (χ1v) is 6.67. The first-order chi connectivity index (χ1) is 8.21. The van der Waals surface area contributed by atoms with Crippen LogP contribution in [0.25, 0.3) is 0 Å². The predicted octanol–water partition coefficient (Wildman–Crippen LogP) is 3.71. The van der Waals surface area contributed by atoms with Crippen molar-refractivity contribution in [2.75, 3.05) is 6.54 Å². The Labute approximate surface area is 105 Å². The minimum Gasteiger partial charge on any atom is -0.489 e. The van der Waals surface area contributed by atoms with Crippen molar-refractivity contribution in [1.82, 2.24) is 0 Å². The highest BCUT2D eigenvalue weighted by Gasteiger charge is 2.08. The van der Waals surface area contributed by atoms with Crippen LogP contribution in [0.2, 0.25) is 0 Å². The van der Waals surface area contributed by atoms with E-state index in [0.717, 1.165) is 18.6 Å². The summed E-state index contributed by atoms with van der Waals surface area (Å²) in [6.45, 7) is 7.19. The van der Waals surface area contributed by atoms with E-state index >= 15 is 0 Å². The molecule has 0 fully saturated rings. The van der Waals surface area contributed by atoms with E-state index in [1.54, 1.807) is 0 Å². The highest BCUT2D eigenvalue weighted by atomic mass is 16.5. The van der Waals surface area contributed by atoms with Gasteiger partial charge >= 0.3 is 0 Å². The van der Waals surface area contributed by atoms with Crippen molar-refractivity contribution in [3.8, 4) is 5.75 Å². The smallest absolute Gasteiger partial charge is 0.119 e. The van der Waals surface area contributed by atoms with Crippen LogP contribution in [0.4, 0.5) is 0 Å². The zero-order valence-corrected chi connectivity index (χ0v) is 11.3. The Morgan fingerprint density at radius 1 is 1.18 bits per heavy atom. The first kappa shape index (κ1) is 14.0. The molecule has 2 atom stereocenters. The summed E-state index contributed by atoms with van der Waals surface area (Å²) in [6.07, 6.45) is 3.44. The van der Waals surface area contributed by atoms with E-state index in [-0.39, 0.29) is 6.10 Å². The molecule has 2 nitrogen and oxygen atoms in total. The fourth-order valence-corrected chi connectivity index (χ4v) is 1.85. The largest absolute Gasteiger partial charge is 0.489 e. The zero-order valence-electron chi connectivity index (χ0n) is 11.3. The lowest BCUT2D eigenvalue weighted by Crippen LogP contribution is -2.26. The number of nitrogens with two attached hydrogens (primary N) is 1. The van der Waals surface area contributed by atoms with E-state index in [1.165, 1.54) is 12.0 Å². The van der Waals surface area contributed by atoms with E-state index in [9.17, 15) is 0 Å². The Balaban J connectivity index is 2.61. The molecule has 0 radical (unpaired) electrons. The van der Waals surface area contributed by atoms with E-state index in [2.05, 4.69) is 45.0 Å². The molecule has 0 aliphatic heterocycles. The average molecular weight is 235 g/mol. The minimum atomic E-state index is 0.148. The van der Waals surface area contributed by atoms with Crippen LogP contribution in [0, 0.1) is 0 Å². The van der Waals surface area contributed by atoms with Gasteiger partial charge in [0, 0.05) is 6.54 Å². The fraction of sp³-hybridized carbons (Fsp3) is 0.600. The second kappa shape index (κ2) is 7.33. The molecule has 0 aliphatic rings. The van der Waals surface area contributed by atoms with Gasteiger partial charge in [0.05, 0.1) is 0 Å². The molecule has 0 aromatic heterocycles. The molecule has 0 aliphatic carbocycles. The van der Waals surface area contributed by atoms with Crippen molar-refractivity contribution in [2.45, 2.75) is 52.1 Å². The molecule has 0 bridgehead atoms. The van der Waals surface area contributed by atoms with Crippen LogP contribution in [0.5, 0.6) is 5.75 Å². The monoisotopic (exact) mass is 235 g/mol. The molecule has 96 valence electrons. The maximum Gasteiger partial charge on any atom is 0.119 e. The number of ether oxygens (including phenoxy) is 1. The van der Waals surface area contributed by atoms with E-state index < -0.39 is 0 Å². The maximum absolute atomic E-state index is 5.85. The number of hydrogen-bond donors (Lipinski definition) is 1. The Morgan fingerprint density at radius 2 is 1.82 bits per heavy atom. The standard InChI is InChI=1S/C15H25NO/c1-4-6-15(11-16)17-14-9-7-13(8-10-14)12(3)5-2/h7-10,12,15H,4-6,11,16H2,1-3H3. The van der Waals surface area contributed by atoms with Crippen molar-refractivity contribution in [2.24, 2.45) is 5.73 Å². The highest BCUT2D eigenvalue weighted by molar-refractivity contribution is 5.29. The van der Waals surface area contributed by atoms with Gasteiger partial charge in [0.2, 0.25) is 0 Å². The first-order valence-electron chi connectivity index (χ1n) is 6.67. The number of hydrogen-bond acceptors (Lipinski definition) is 2. The summed E-state index contributed by atoms with van der Waals surface area (Å²) in [5.74, 6) is 1.55. The van der Waals surface area contributed by atoms with Crippen LogP contribution >= 0.6 is 0 Å². The van der Waals surface area contributed by atoms with Crippen molar-refractivity contribution in [3.63, 3.8) is 0 Å². The molecule has 1 rings (SSSR count). The van der Waals surface area contributed by atoms with Gasteiger partial charge in [-0.05, 0) is 36.5 Å². The summed E-state index contributed by atoms with van der Waals surface area (Å²) in [5.41, 5.74) is 7.06. The summed E-state index contributed by atoms with van der Waals surface area (Å²) < 4.78 is 5.85. The van der Waals surface area contributed by atoms with Crippen molar-refractivity contribution < 1.29 is 4.74 Å². The number of rotatable bonds is 7. The molecule has 0 amide bonds. The third kappa shape index (κ3) is 4.39. The predicted molar refractivity (Wildman–Crippen MR) is 73.5 cm³/mol. The lowest BCUT2D eigenvalue weighted by molar-refractivity contribution is 0.198. The molecule has 0 saturated heterocycles. The molecule has 1 aromatic rings. The molecule has 0 saturated carbocycles. The third-order valence-corrected chi connectivity index (χ3v) is 3.24. The van der Waals surface area contributed by atoms with Gasteiger partial charge in [-0.15, -0.1) is 0 Å². The van der Waals surface area contributed by atoms with Gasteiger partial charge in [-0.25, -0.2) is 0 Å². The van der Waals surface area contributed by atoms with Crippen molar-refractivity contribution in [1.29, 1.82) is 0 Å². The van der Waals surface area contributed by atoms with Crippen LogP contribution in [0.3, 0.4) is 0 Å². The van der Waals surface area contributed by atoms with Crippen LogP contribution in [0.15, 0.2) is 24.3 Å². The fourth-order valence-electron chi connectivity index (χ4n) is 1.85. The highest BCUT2D eigenvalue weighted by Crippen LogP contribution is 2.22. The summed E-state index contributed by atoms with van der Waals surface area (Å²) in [5, 5.41) is 0. The molecule has 0 heterocycles. The lowest BCUT2D eigenvalue weighted by Gasteiger charge is -2.17. The number of benzene rings is 1.